The zero-order chi connectivity index (χ0) is 13.8. The first-order valence-electron chi connectivity index (χ1n) is 5.97. The minimum Gasteiger partial charge on any atom is -0.511 e. The van der Waals surface area contributed by atoms with Crippen LogP contribution in [0.15, 0.2) is 41.7 Å². The van der Waals surface area contributed by atoms with E-state index in [9.17, 15) is 14.7 Å². The normalized spacial score (nSPS) is 15.6. The van der Waals surface area contributed by atoms with Gasteiger partial charge in [0.2, 0.25) is 0 Å². The maximum absolute atomic E-state index is 12.1. The molecule has 100 valence electrons. The van der Waals surface area contributed by atoms with E-state index in [2.05, 4.69) is 4.74 Å². The van der Waals surface area contributed by atoms with Crippen LogP contribution in [0.4, 0.5) is 0 Å². The Morgan fingerprint density at radius 1 is 1.37 bits per heavy atom. The molecule has 0 spiro atoms. The molecule has 0 saturated carbocycles. The van der Waals surface area contributed by atoms with Crippen LogP contribution >= 0.6 is 0 Å². The lowest BCUT2D eigenvalue weighted by atomic mass is 10.1. The van der Waals surface area contributed by atoms with Gasteiger partial charge in [-0.05, 0) is 5.56 Å². The molecule has 5 nitrogen and oxygen atoms in total. The number of carbonyl (C=O) groups excluding carboxylic acids is 2. The van der Waals surface area contributed by atoms with E-state index in [4.69, 9.17) is 0 Å². The van der Waals surface area contributed by atoms with Crippen molar-refractivity contribution in [2.75, 3.05) is 13.7 Å². The Balaban J connectivity index is 2.18. The number of rotatable bonds is 3. The number of aliphatic hydroxyl groups excluding tert-OH is 1. The van der Waals surface area contributed by atoms with Gasteiger partial charge in [-0.1, -0.05) is 30.3 Å². The summed E-state index contributed by atoms with van der Waals surface area (Å²) in [6.07, 6.45) is 0.267. The number of hydrogen-bond acceptors (Lipinski definition) is 4. The van der Waals surface area contributed by atoms with E-state index >= 15 is 0 Å². The number of hydrogen-bond donors (Lipinski definition) is 1. The number of benzene rings is 1. The van der Waals surface area contributed by atoms with E-state index in [0.29, 0.717) is 13.1 Å². The van der Waals surface area contributed by atoms with Crippen LogP contribution in [0.3, 0.4) is 0 Å². The van der Waals surface area contributed by atoms with Crippen molar-refractivity contribution >= 4 is 11.9 Å². The van der Waals surface area contributed by atoms with Crippen molar-refractivity contribution in [3.8, 4) is 0 Å². The molecule has 1 aliphatic heterocycles. The fraction of sp³-hybridized carbons (Fsp3) is 0.286. The highest BCUT2D eigenvalue weighted by atomic mass is 16.5. The van der Waals surface area contributed by atoms with Gasteiger partial charge < -0.3 is 14.7 Å². The van der Waals surface area contributed by atoms with Crippen LogP contribution in [0.25, 0.3) is 0 Å². The minimum absolute atomic E-state index is 0.193. The highest BCUT2D eigenvalue weighted by Gasteiger charge is 2.32. The van der Waals surface area contributed by atoms with Crippen LogP contribution < -0.4 is 0 Å². The number of ether oxygens (including phenoxy) is 1. The van der Waals surface area contributed by atoms with E-state index in [1.54, 1.807) is 0 Å². The molecule has 0 atom stereocenters. The van der Waals surface area contributed by atoms with Gasteiger partial charge in [0.15, 0.2) is 5.57 Å². The molecule has 0 saturated heterocycles. The van der Waals surface area contributed by atoms with Crippen LogP contribution in [0.2, 0.25) is 0 Å². The summed E-state index contributed by atoms with van der Waals surface area (Å²) in [7, 11) is 1.19. The van der Waals surface area contributed by atoms with Crippen LogP contribution in [-0.2, 0) is 20.9 Å². The van der Waals surface area contributed by atoms with E-state index in [1.807, 2.05) is 30.3 Å². The number of aliphatic hydroxyl groups is 1. The zero-order valence-electron chi connectivity index (χ0n) is 10.6. The van der Waals surface area contributed by atoms with Gasteiger partial charge in [0, 0.05) is 19.5 Å². The summed E-state index contributed by atoms with van der Waals surface area (Å²) < 4.78 is 4.52. The van der Waals surface area contributed by atoms with Crippen molar-refractivity contribution in [1.29, 1.82) is 0 Å². The second-order valence-electron chi connectivity index (χ2n) is 4.28. The van der Waals surface area contributed by atoms with Crippen molar-refractivity contribution in [1.82, 2.24) is 4.90 Å². The first-order valence-corrected chi connectivity index (χ1v) is 5.97. The van der Waals surface area contributed by atoms with E-state index in [1.165, 1.54) is 12.0 Å². The van der Waals surface area contributed by atoms with Crippen molar-refractivity contribution in [2.45, 2.75) is 13.0 Å². The molecule has 1 aromatic rings. The third-order valence-corrected chi connectivity index (χ3v) is 3.01. The fourth-order valence-corrected chi connectivity index (χ4v) is 2.01. The van der Waals surface area contributed by atoms with Gasteiger partial charge in [0.05, 0.1) is 7.11 Å². The standard InChI is InChI=1S/C14H15NO4/c1-19-14(18)12-11(16)7-8-15(13(12)17)9-10-5-3-2-4-6-10/h2-6,16H,7-9H2,1H3. The minimum atomic E-state index is -0.791. The van der Waals surface area contributed by atoms with Gasteiger partial charge in [0.1, 0.15) is 5.76 Å². The third kappa shape index (κ3) is 2.76. The van der Waals surface area contributed by atoms with Gasteiger partial charge >= 0.3 is 5.97 Å². The molecule has 2 rings (SSSR count). The molecule has 19 heavy (non-hydrogen) atoms. The Labute approximate surface area is 111 Å². The summed E-state index contributed by atoms with van der Waals surface area (Å²) in [5, 5.41) is 9.66. The summed E-state index contributed by atoms with van der Waals surface area (Å²) in [6, 6.07) is 9.48. The molecule has 1 amide bonds. The van der Waals surface area contributed by atoms with Gasteiger partial charge in [-0.25, -0.2) is 4.79 Å². The predicted octanol–water partition coefficient (Wildman–Crippen LogP) is 1.40. The lowest BCUT2D eigenvalue weighted by Crippen LogP contribution is -2.39. The quantitative estimate of drug-likeness (QED) is 0.659. The summed E-state index contributed by atoms with van der Waals surface area (Å²) in [4.78, 5) is 25.2. The lowest BCUT2D eigenvalue weighted by Gasteiger charge is -2.27. The number of nitrogens with zero attached hydrogens (tertiary/aromatic N) is 1. The van der Waals surface area contributed by atoms with Gasteiger partial charge in [-0.15, -0.1) is 0 Å². The molecule has 5 heteroatoms. The molecule has 1 aliphatic rings. The van der Waals surface area contributed by atoms with Crippen molar-refractivity contribution < 1.29 is 19.4 Å². The van der Waals surface area contributed by atoms with Gasteiger partial charge in [0.25, 0.3) is 5.91 Å². The molecular formula is C14H15NO4. The average molecular weight is 261 g/mol. The van der Waals surface area contributed by atoms with Crippen LogP contribution in [0.1, 0.15) is 12.0 Å². The Morgan fingerprint density at radius 2 is 2.05 bits per heavy atom. The molecule has 0 radical (unpaired) electrons. The van der Waals surface area contributed by atoms with Gasteiger partial charge in [-0.2, -0.15) is 0 Å². The highest BCUT2D eigenvalue weighted by Crippen LogP contribution is 2.20. The van der Waals surface area contributed by atoms with Crippen LogP contribution in [-0.4, -0.2) is 35.5 Å². The fourth-order valence-electron chi connectivity index (χ4n) is 2.01. The number of methoxy groups -OCH3 is 1. The molecule has 1 N–H and O–H groups in total. The van der Waals surface area contributed by atoms with E-state index in [-0.39, 0.29) is 17.8 Å². The first kappa shape index (κ1) is 13.1. The zero-order valence-corrected chi connectivity index (χ0v) is 10.6. The molecule has 1 heterocycles. The topological polar surface area (TPSA) is 66.8 Å². The summed E-state index contributed by atoms with van der Waals surface area (Å²) >= 11 is 0. The second kappa shape index (κ2) is 5.56. The first-order chi connectivity index (χ1) is 9.13. The molecule has 0 bridgehead atoms. The van der Waals surface area contributed by atoms with E-state index < -0.39 is 11.9 Å². The van der Waals surface area contributed by atoms with Crippen molar-refractivity contribution in [2.24, 2.45) is 0 Å². The Bertz CT molecular complexity index is 522. The van der Waals surface area contributed by atoms with E-state index in [0.717, 1.165) is 5.56 Å². The molecule has 0 aromatic heterocycles. The smallest absolute Gasteiger partial charge is 0.346 e. The van der Waals surface area contributed by atoms with Crippen molar-refractivity contribution in [3.05, 3.63) is 47.2 Å². The number of carbonyl (C=O) groups is 2. The van der Waals surface area contributed by atoms with Gasteiger partial charge in [-0.3, -0.25) is 4.79 Å². The van der Waals surface area contributed by atoms with Crippen molar-refractivity contribution in [3.63, 3.8) is 0 Å². The maximum Gasteiger partial charge on any atom is 0.346 e. The van der Waals surface area contributed by atoms with Crippen LogP contribution in [0.5, 0.6) is 0 Å². The summed E-state index contributed by atoms with van der Waals surface area (Å²) in [5.74, 6) is -1.47. The number of esters is 1. The highest BCUT2D eigenvalue weighted by molar-refractivity contribution is 6.17. The maximum atomic E-state index is 12.1. The largest absolute Gasteiger partial charge is 0.511 e. The molecule has 0 unspecified atom stereocenters. The summed E-state index contributed by atoms with van der Waals surface area (Å²) in [6.45, 7) is 0.799. The predicted molar refractivity (Wildman–Crippen MR) is 68.1 cm³/mol. The molecule has 0 fully saturated rings. The SMILES string of the molecule is COC(=O)C1=C(O)CCN(Cc2ccccc2)C1=O. The summed E-state index contributed by atoms with van der Waals surface area (Å²) in [5.41, 5.74) is 0.714. The number of amides is 1. The third-order valence-electron chi connectivity index (χ3n) is 3.01. The molecule has 0 aliphatic carbocycles. The second-order valence-corrected chi connectivity index (χ2v) is 4.28. The molecule has 1 aromatic carbocycles. The average Bonchev–Trinajstić information content (AvgIpc) is 2.43. The Morgan fingerprint density at radius 3 is 2.68 bits per heavy atom. The Hall–Kier alpha value is -2.30. The Kier molecular flexibility index (Phi) is 3.85. The van der Waals surface area contributed by atoms with Crippen LogP contribution in [0, 0.1) is 0 Å². The monoisotopic (exact) mass is 261 g/mol. The molecular weight excluding hydrogens is 246 g/mol. The lowest BCUT2D eigenvalue weighted by molar-refractivity contribution is -0.141.